The standard InChI is InChI=1S/C28H53NO4Si2/c1-21(20-32-34(10,11)26(2,3)4)25(31)28(8,9)23(33-35(12,13)27(5,6)7)19-24(30)29-22-17-15-14-16-18-22/h14-18,21,23,25,31H,19-20H2,1-13H3,(H,29,30)/t21-,23+,25+/m1/s1. The molecule has 7 heteroatoms. The number of carbonyl (C=O) groups is 1. The van der Waals surface area contributed by atoms with Crippen LogP contribution in [0.1, 0.15) is 68.7 Å². The predicted molar refractivity (Wildman–Crippen MR) is 154 cm³/mol. The number of benzene rings is 1. The average Bonchev–Trinajstić information content (AvgIpc) is 2.69. The Balaban J connectivity index is 3.14. The van der Waals surface area contributed by atoms with Crippen LogP contribution < -0.4 is 5.32 Å². The molecule has 0 heterocycles. The lowest BCUT2D eigenvalue weighted by atomic mass is 9.75. The molecule has 5 nitrogen and oxygen atoms in total. The zero-order valence-corrected chi connectivity index (χ0v) is 26.7. The van der Waals surface area contributed by atoms with Crippen LogP contribution in [0.2, 0.25) is 36.3 Å². The molecule has 3 atom stereocenters. The highest BCUT2D eigenvalue weighted by Gasteiger charge is 2.47. The second-order valence-electron chi connectivity index (χ2n) is 13.8. The fourth-order valence-electron chi connectivity index (χ4n) is 3.46. The Morgan fingerprint density at radius 3 is 1.86 bits per heavy atom. The summed E-state index contributed by atoms with van der Waals surface area (Å²) in [5.74, 6) is -0.202. The summed E-state index contributed by atoms with van der Waals surface area (Å²) in [5.41, 5.74) is 0.109. The second-order valence-corrected chi connectivity index (χ2v) is 23.4. The zero-order chi connectivity index (χ0) is 27.5. The monoisotopic (exact) mass is 523 g/mol. The van der Waals surface area contributed by atoms with Gasteiger partial charge in [-0.3, -0.25) is 4.79 Å². The van der Waals surface area contributed by atoms with E-state index in [-0.39, 0.29) is 28.3 Å². The van der Waals surface area contributed by atoms with Gasteiger partial charge in [-0.15, -0.1) is 0 Å². The SMILES string of the molecule is C[C@H](CO[Si](C)(C)C(C)(C)C)[C@H](O)C(C)(C)[C@H](CC(=O)Nc1ccccc1)O[Si](C)(C)C(C)(C)C. The molecule has 0 unspecified atom stereocenters. The number of rotatable bonds is 11. The minimum absolute atomic E-state index is 0.0146. The summed E-state index contributed by atoms with van der Waals surface area (Å²) in [6.45, 7) is 28.7. The van der Waals surface area contributed by atoms with E-state index >= 15 is 0 Å². The third-order valence-corrected chi connectivity index (χ3v) is 17.3. The van der Waals surface area contributed by atoms with Gasteiger partial charge in [0.15, 0.2) is 16.6 Å². The molecule has 35 heavy (non-hydrogen) atoms. The first-order chi connectivity index (χ1) is 15.6. The minimum atomic E-state index is -2.21. The summed E-state index contributed by atoms with van der Waals surface area (Å²) >= 11 is 0. The molecule has 0 radical (unpaired) electrons. The molecule has 0 aromatic heterocycles. The Labute approximate surface area is 217 Å². The number of aliphatic hydroxyl groups excluding tert-OH is 1. The quantitative estimate of drug-likeness (QED) is 0.296. The number of nitrogens with one attached hydrogen (secondary N) is 1. The zero-order valence-electron chi connectivity index (χ0n) is 24.7. The molecule has 202 valence electrons. The van der Waals surface area contributed by atoms with E-state index in [1.54, 1.807) is 0 Å². The molecule has 0 aliphatic carbocycles. The molecule has 2 N–H and O–H groups in total. The Hall–Kier alpha value is -0.996. The molecule has 1 amide bonds. The van der Waals surface area contributed by atoms with Crippen molar-refractivity contribution in [1.82, 2.24) is 0 Å². The van der Waals surface area contributed by atoms with Crippen LogP contribution in [0.5, 0.6) is 0 Å². The first-order valence-corrected chi connectivity index (χ1v) is 18.8. The molecule has 0 fully saturated rings. The van der Waals surface area contributed by atoms with Gasteiger partial charge < -0.3 is 19.3 Å². The van der Waals surface area contributed by atoms with E-state index in [0.717, 1.165) is 5.69 Å². The summed E-state index contributed by atoms with van der Waals surface area (Å²) in [7, 11) is -4.14. The average molecular weight is 524 g/mol. The summed E-state index contributed by atoms with van der Waals surface area (Å²) in [5, 5.41) is 14.6. The van der Waals surface area contributed by atoms with Crippen LogP contribution in [0.15, 0.2) is 30.3 Å². The van der Waals surface area contributed by atoms with Crippen molar-refractivity contribution in [1.29, 1.82) is 0 Å². The highest BCUT2D eigenvalue weighted by atomic mass is 28.4. The Morgan fingerprint density at radius 2 is 1.40 bits per heavy atom. The van der Waals surface area contributed by atoms with E-state index < -0.39 is 34.3 Å². The molecule has 0 aliphatic heterocycles. The molecule has 0 bridgehead atoms. The van der Waals surface area contributed by atoms with E-state index in [9.17, 15) is 9.90 Å². The molecule has 0 aliphatic rings. The maximum atomic E-state index is 13.1. The van der Waals surface area contributed by atoms with Gasteiger partial charge in [0.05, 0.1) is 18.6 Å². The van der Waals surface area contributed by atoms with E-state index in [0.29, 0.717) is 6.61 Å². The summed E-state index contributed by atoms with van der Waals surface area (Å²) in [6.07, 6.45) is -0.939. The predicted octanol–water partition coefficient (Wildman–Crippen LogP) is 7.45. The number of carbonyl (C=O) groups excluding carboxylic acids is 1. The van der Waals surface area contributed by atoms with Crippen LogP contribution in [-0.4, -0.2) is 46.5 Å². The number of amides is 1. The van der Waals surface area contributed by atoms with Crippen molar-refractivity contribution in [2.75, 3.05) is 11.9 Å². The van der Waals surface area contributed by atoms with Crippen molar-refractivity contribution in [3.8, 4) is 0 Å². The van der Waals surface area contributed by atoms with Gasteiger partial charge in [0.1, 0.15) is 0 Å². The molecule has 0 saturated heterocycles. The van der Waals surface area contributed by atoms with Crippen molar-refractivity contribution < 1.29 is 18.8 Å². The molecular formula is C28H53NO4Si2. The Kier molecular flexibility index (Phi) is 10.6. The lowest BCUT2D eigenvalue weighted by Crippen LogP contribution is -2.54. The number of hydrogen-bond acceptors (Lipinski definition) is 4. The van der Waals surface area contributed by atoms with Gasteiger partial charge in [0, 0.05) is 23.6 Å². The fraction of sp³-hybridized carbons (Fsp3) is 0.750. The maximum Gasteiger partial charge on any atom is 0.226 e. The van der Waals surface area contributed by atoms with Gasteiger partial charge in [-0.05, 0) is 48.4 Å². The van der Waals surface area contributed by atoms with Crippen molar-refractivity contribution in [2.24, 2.45) is 11.3 Å². The number of aliphatic hydroxyl groups is 1. The van der Waals surface area contributed by atoms with Crippen LogP contribution >= 0.6 is 0 Å². The van der Waals surface area contributed by atoms with Gasteiger partial charge in [-0.2, -0.15) is 0 Å². The number of para-hydroxylation sites is 1. The van der Waals surface area contributed by atoms with Gasteiger partial charge >= 0.3 is 0 Å². The van der Waals surface area contributed by atoms with Crippen molar-refractivity contribution in [3.05, 3.63) is 30.3 Å². The van der Waals surface area contributed by atoms with Crippen LogP contribution in [0.3, 0.4) is 0 Å². The van der Waals surface area contributed by atoms with Gasteiger partial charge in [0.25, 0.3) is 0 Å². The lowest BCUT2D eigenvalue weighted by Gasteiger charge is -2.47. The Morgan fingerprint density at radius 1 is 0.914 bits per heavy atom. The van der Waals surface area contributed by atoms with E-state index in [4.69, 9.17) is 8.85 Å². The van der Waals surface area contributed by atoms with Gasteiger partial charge in [-0.1, -0.05) is 80.5 Å². The number of anilines is 1. The third-order valence-electron chi connectivity index (χ3n) is 8.32. The lowest BCUT2D eigenvalue weighted by molar-refractivity contribution is -0.123. The first-order valence-electron chi connectivity index (χ1n) is 13.0. The van der Waals surface area contributed by atoms with Gasteiger partial charge in [0.2, 0.25) is 5.91 Å². The third kappa shape index (κ3) is 8.81. The molecule has 1 aromatic carbocycles. The van der Waals surface area contributed by atoms with E-state index in [2.05, 4.69) is 73.0 Å². The largest absolute Gasteiger partial charge is 0.416 e. The normalized spacial score (nSPS) is 16.5. The van der Waals surface area contributed by atoms with Crippen molar-refractivity contribution in [2.45, 2.75) is 117 Å². The van der Waals surface area contributed by atoms with Crippen LogP contribution in [0, 0.1) is 11.3 Å². The summed E-state index contributed by atoms with van der Waals surface area (Å²) in [6, 6.07) is 9.48. The second kappa shape index (κ2) is 11.6. The van der Waals surface area contributed by atoms with Crippen LogP contribution in [-0.2, 0) is 13.6 Å². The first kappa shape index (κ1) is 32.0. The molecule has 1 aromatic rings. The minimum Gasteiger partial charge on any atom is -0.416 e. The van der Waals surface area contributed by atoms with Crippen molar-refractivity contribution in [3.63, 3.8) is 0 Å². The smallest absolute Gasteiger partial charge is 0.226 e. The Bertz CT molecular complexity index is 810. The fourth-order valence-corrected chi connectivity index (χ4v) is 6.03. The summed E-state index contributed by atoms with van der Waals surface area (Å²) in [4.78, 5) is 13.1. The van der Waals surface area contributed by atoms with Crippen molar-refractivity contribution >= 4 is 28.2 Å². The van der Waals surface area contributed by atoms with E-state index in [1.807, 2.05) is 51.1 Å². The molecule has 0 spiro atoms. The molecular weight excluding hydrogens is 470 g/mol. The van der Waals surface area contributed by atoms with Gasteiger partial charge in [-0.25, -0.2) is 0 Å². The molecule has 0 saturated carbocycles. The van der Waals surface area contributed by atoms with E-state index in [1.165, 1.54) is 0 Å². The molecule has 1 rings (SSSR count). The summed E-state index contributed by atoms with van der Waals surface area (Å²) < 4.78 is 13.3. The highest BCUT2D eigenvalue weighted by Crippen LogP contribution is 2.43. The topological polar surface area (TPSA) is 67.8 Å². The van der Waals surface area contributed by atoms with Crippen LogP contribution in [0.25, 0.3) is 0 Å². The number of hydrogen-bond donors (Lipinski definition) is 2. The maximum absolute atomic E-state index is 13.1. The highest BCUT2D eigenvalue weighted by molar-refractivity contribution is 6.74. The van der Waals surface area contributed by atoms with Crippen LogP contribution in [0.4, 0.5) is 5.69 Å².